The lowest BCUT2D eigenvalue weighted by Crippen LogP contribution is -2.41. The van der Waals surface area contributed by atoms with Crippen LogP contribution in [0, 0.1) is 5.92 Å². The van der Waals surface area contributed by atoms with Crippen LogP contribution >= 0.6 is 11.6 Å². The fraction of sp³-hybridized carbons (Fsp3) is 0.529. The standard InChI is InChI=1S/C17H21ClN2O3/c18-15-4-2-1-3-12(15)10-19-17(22)13-9-16(21)20(11-13)14-5-7-23-8-6-14/h1-4,13-14H,5-11H2,(H,19,22). The van der Waals surface area contributed by atoms with Crippen molar-refractivity contribution >= 4 is 23.4 Å². The Balaban J connectivity index is 1.54. The summed E-state index contributed by atoms with van der Waals surface area (Å²) in [6, 6.07) is 7.65. The van der Waals surface area contributed by atoms with Crippen LogP contribution in [-0.4, -0.2) is 42.5 Å². The monoisotopic (exact) mass is 336 g/mol. The molecule has 2 amide bonds. The summed E-state index contributed by atoms with van der Waals surface area (Å²) in [7, 11) is 0. The van der Waals surface area contributed by atoms with Crippen molar-refractivity contribution in [3.63, 3.8) is 0 Å². The van der Waals surface area contributed by atoms with E-state index in [1.165, 1.54) is 0 Å². The summed E-state index contributed by atoms with van der Waals surface area (Å²) in [6.07, 6.45) is 2.02. The lowest BCUT2D eigenvalue weighted by atomic mass is 10.1. The van der Waals surface area contributed by atoms with E-state index >= 15 is 0 Å². The minimum atomic E-state index is -0.271. The van der Waals surface area contributed by atoms with Crippen LogP contribution in [0.25, 0.3) is 0 Å². The van der Waals surface area contributed by atoms with Gasteiger partial charge in [-0.2, -0.15) is 0 Å². The van der Waals surface area contributed by atoms with Gasteiger partial charge in [0.15, 0.2) is 0 Å². The number of ether oxygens (including phenoxy) is 1. The molecule has 0 aliphatic carbocycles. The van der Waals surface area contributed by atoms with Gasteiger partial charge in [-0.05, 0) is 24.5 Å². The Morgan fingerprint density at radius 3 is 2.78 bits per heavy atom. The highest BCUT2D eigenvalue weighted by Gasteiger charge is 2.38. The van der Waals surface area contributed by atoms with Gasteiger partial charge in [-0.3, -0.25) is 9.59 Å². The molecule has 23 heavy (non-hydrogen) atoms. The summed E-state index contributed by atoms with van der Waals surface area (Å²) in [4.78, 5) is 26.4. The van der Waals surface area contributed by atoms with Gasteiger partial charge in [-0.25, -0.2) is 0 Å². The summed E-state index contributed by atoms with van der Waals surface area (Å²) in [5, 5.41) is 3.54. The first-order chi connectivity index (χ1) is 11.1. The number of hydrogen-bond acceptors (Lipinski definition) is 3. The van der Waals surface area contributed by atoms with Gasteiger partial charge in [-0.15, -0.1) is 0 Å². The molecule has 5 nitrogen and oxygen atoms in total. The van der Waals surface area contributed by atoms with Crippen molar-refractivity contribution in [2.75, 3.05) is 19.8 Å². The number of nitrogens with zero attached hydrogens (tertiary/aromatic N) is 1. The molecule has 0 spiro atoms. The van der Waals surface area contributed by atoms with Crippen LogP contribution in [0.15, 0.2) is 24.3 Å². The fourth-order valence-electron chi connectivity index (χ4n) is 3.23. The number of amides is 2. The molecule has 2 aliphatic rings. The van der Waals surface area contributed by atoms with Crippen LogP contribution in [0.1, 0.15) is 24.8 Å². The number of hydrogen-bond donors (Lipinski definition) is 1. The van der Waals surface area contributed by atoms with Crippen molar-refractivity contribution in [2.24, 2.45) is 5.92 Å². The van der Waals surface area contributed by atoms with Crippen LogP contribution in [0.5, 0.6) is 0 Å². The Morgan fingerprint density at radius 1 is 1.30 bits per heavy atom. The normalized spacial score (nSPS) is 22.4. The van der Waals surface area contributed by atoms with E-state index < -0.39 is 0 Å². The first-order valence-corrected chi connectivity index (χ1v) is 8.41. The minimum absolute atomic E-state index is 0.0761. The van der Waals surface area contributed by atoms with Crippen LogP contribution in [0.3, 0.4) is 0 Å². The number of benzene rings is 1. The zero-order chi connectivity index (χ0) is 16.2. The summed E-state index contributed by atoms with van der Waals surface area (Å²) in [5.74, 6) is -0.268. The Hall–Kier alpha value is -1.59. The van der Waals surface area contributed by atoms with Crippen molar-refractivity contribution in [3.05, 3.63) is 34.9 Å². The molecule has 1 N–H and O–H groups in total. The van der Waals surface area contributed by atoms with Gasteiger partial charge in [-0.1, -0.05) is 29.8 Å². The third kappa shape index (κ3) is 3.85. The number of carbonyl (C=O) groups is 2. The third-order valence-electron chi connectivity index (χ3n) is 4.57. The number of rotatable bonds is 4. The molecule has 3 rings (SSSR count). The lowest BCUT2D eigenvalue weighted by molar-refractivity contribution is -0.131. The van der Waals surface area contributed by atoms with Gasteiger partial charge < -0.3 is 15.0 Å². The molecule has 6 heteroatoms. The molecule has 1 unspecified atom stereocenters. The maximum atomic E-state index is 12.3. The minimum Gasteiger partial charge on any atom is -0.381 e. The second-order valence-electron chi connectivity index (χ2n) is 6.10. The van der Waals surface area contributed by atoms with Gasteiger partial charge in [0.2, 0.25) is 11.8 Å². The second-order valence-corrected chi connectivity index (χ2v) is 6.51. The molecule has 2 heterocycles. The summed E-state index contributed by atoms with van der Waals surface area (Å²) in [5.41, 5.74) is 0.883. The van der Waals surface area contributed by atoms with Crippen molar-refractivity contribution in [1.29, 1.82) is 0 Å². The number of carbonyl (C=O) groups excluding carboxylic acids is 2. The number of likely N-dealkylation sites (tertiary alicyclic amines) is 1. The highest BCUT2D eigenvalue weighted by Crippen LogP contribution is 2.25. The average Bonchev–Trinajstić information content (AvgIpc) is 2.96. The van der Waals surface area contributed by atoms with Gasteiger partial charge in [0, 0.05) is 43.8 Å². The SMILES string of the molecule is O=C(NCc1ccccc1Cl)C1CC(=O)N(C2CCOCC2)C1. The van der Waals surface area contributed by atoms with Gasteiger partial charge in [0.1, 0.15) is 0 Å². The maximum absolute atomic E-state index is 12.3. The first kappa shape index (κ1) is 16.3. The molecule has 2 saturated heterocycles. The molecular weight excluding hydrogens is 316 g/mol. The van der Waals surface area contributed by atoms with Crippen LogP contribution in [0.4, 0.5) is 0 Å². The van der Waals surface area contributed by atoms with Gasteiger partial charge in [0.25, 0.3) is 0 Å². The smallest absolute Gasteiger partial charge is 0.225 e. The fourth-order valence-corrected chi connectivity index (χ4v) is 3.43. The number of halogens is 1. The van der Waals surface area contributed by atoms with Crippen molar-refractivity contribution < 1.29 is 14.3 Å². The summed E-state index contributed by atoms with van der Waals surface area (Å²) in [6.45, 7) is 2.29. The molecule has 2 fully saturated rings. The molecule has 124 valence electrons. The van der Waals surface area contributed by atoms with Crippen molar-refractivity contribution in [3.8, 4) is 0 Å². The Labute approximate surface area is 140 Å². The van der Waals surface area contributed by atoms with Crippen molar-refractivity contribution in [2.45, 2.75) is 31.8 Å². The zero-order valence-corrected chi connectivity index (χ0v) is 13.7. The molecule has 1 aromatic carbocycles. The molecule has 0 bridgehead atoms. The van der Waals surface area contributed by atoms with Crippen LogP contribution < -0.4 is 5.32 Å². The Kier molecular flexibility index (Phi) is 5.18. The Morgan fingerprint density at radius 2 is 2.04 bits per heavy atom. The molecule has 0 radical (unpaired) electrons. The van der Waals surface area contributed by atoms with E-state index in [-0.39, 0.29) is 23.8 Å². The predicted octanol–water partition coefficient (Wildman–Crippen LogP) is 1.98. The summed E-state index contributed by atoms with van der Waals surface area (Å²) >= 11 is 6.09. The maximum Gasteiger partial charge on any atom is 0.225 e. The largest absolute Gasteiger partial charge is 0.381 e. The topological polar surface area (TPSA) is 58.6 Å². The average molecular weight is 337 g/mol. The Bertz CT molecular complexity index is 587. The second kappa shape index (κ2) is 7.32. The molecule has 0 saturated carbocycles. The highest BCUT2D eigenvalue weighted by atomic mass is 35.5. The van der Waals surface area contributed by atoms with E-state index in [2.05, 4.69) is 5.32 Å². The predicted molar refractivity (Wildman–Crippen MR) is 87.0 cm³/mol. The van der Waals surface area contributed by atoms with E-state index in [0.29, 0.717) is 37.7 Å². The lowest BCUT2D eigenvalue weighted by Gasteiger charge is -2.31. The van der Waals surface area contributed by atoms with E-state index in [4.69, 9.17) is 16.3 Å². The highest BCUT2D eigenvalue weighted by molar-refractivity contribution is 6.31. The van der Waals surface area contributed by atoms with E-state index in [9.17, 15) is 9.59 Å². The molecule has 2 aliphatic heterocycles. The summed E-state index contributed by atoms with van der Waals surface area (Å²) < 4.78 is 5.34. The van der Waals surface area contributed by atoms with E-state index in [1.54, 1.807) is 6.07 Å². The van der Waals surface area contributed by atoms with E-state index in [0.717, 1.165) is 18.4 Å². The molecule has 0 aromatic heterocycles. The third-order valence-corrected chi connectivity index (χ3v) is 4.94. The first-order valence-electron chi connectivity index (χ1n) is 8.03. The van der Waals surface area contributed by atoms with E-state index in [1.807, 2.05) is 23.1 Å². The van der Waals surface area contributed by atoms with Gasteiger partial charge in [0.05, 0.1) is 5.92 Å². The van der Waals surface area contributed by atoms with Crippen LogP contribution in [0.2, 0.25) is 5.02 Å². The molecule has 1 aromatic rings. The number of nitrogens with one attached hydrogen (secondary N) is 1. The molecular formula is C17H21ClN2O3. The van der Waals surface area contributed by atoms with Crippen molar-refractivity contribution in [1.82, 2.24) is 10.2 Å². The van der Waals surface area contributed by atoms with Crippen LogP contribution in [-0.2, 0) is 20.9 Å². The van der Waals surface area contributed by atoms with Gasteiger partial charge >= 0.3 is 0 Å². The molecule has 1 atom stereocenters. The zero-order valence-electron chi connectivity index (χ0n) is 13.0. The quantitative estimate of drug-likeness (QED) is 0.914.